The van der Waals surface area contributed by atoms with Gasteiger partial charge in [-0.05, 0) is 24.6 Å². The normalized spacial score (nSPS) is 16.9. The van der Waals surface area contributed by atoms with Gasteiger partial charge in [0.25, 0.3) is 0 Å². The number of rotatable bonds is 2. The van der Waals surface area contributed by atoms with E-state index in [9.17, 15) is 15.0 Å². The van der Waals surface area contributed by atoms with Gasteiger partial charge in [0.1, 0.15) is 12.4 Å². The van der Waals surface area contributed by atoms with Gasteiger partial charge in [0.15, 0.2) is 11.5 Å². The number of carbonyl (C=O) groups is 1. The highest BCUT2D eigenvalue weighted by atomic mass is 16.5. The third kappa shape index (κ3) is 2.05. The number of methoxy groups -OCH3 is 1. The molecule has 0 aliphatic carbocycles. The zero-order chi connectivity index (χ0) is 15.9. The third-order valence-corrected chi connectivity index (χ3v) is 3.51. The molecule has 22 heavy (non-hydrogen) atoms. The predicted octanol–water partition coefficient (Wildman–Crippen LogP) is 1.15. The van der Waals surface area contributed by atoms with Gasteiger partial charge in [0.05, 0.1) is 12.7 Å². The van der Waals surface area contributed by atoms with Crippen LogP contribution in [-0.2, 0) is 9.53 Å². The van der Waals surface area contributed by atoms with Crippen molar-refractivity contribution in [2.24, 2.45) is 0 Å². The summed E-state index contributed by atoms with van der Waals surface area (Å²) in [5, 5.41) is 26.3. The van der Waals surface area contributed by atoms with E-state index in [1.165, 1.54) is 30.3 Å². The summed E-state index contributed by atoms with van der Waals surface area (Å²) in [6, 6.07) is 3.73. The summed E-state index contributed by atoms with van der Waals surface area (Å²) < 4.78 is 6.37. The summed E-state index contributed by atoms with van der Waals surface area (Å²) in [5.41, 5.74) is 1.51. The highest BCUT2D eigenvalue weighted by Crippen LogP contribution is 2.37. The van der Waals surface area contributed by atoms with Crippen molar-refractivity contribution in [3.63, 3.8) is 0 Å². The van der Waals surface area contributed by atoms with Crippen LogP contribution < -0.4 is 5.32 Å². The minimum Gasteiger partial charge on any atom is -0.504 e. The number of phenolic OH excluding ortho intramolecular Hbond substituents is 2. The van der Waals surface area contributed by atoms with Gasteiger partial charge < -0.3 is 20.3 Å². The average molecular weight is 302 g/mol. The minimum atomic E-state index is -0.613. The molecular weight excluding hydrogens is 288 g/mol. The predicted molar refractivity (Wildman–Crippen MR) is 76.3 cm³/mol. The Morgan fingerprint density at radius 3 is 2.82 bits per heavy atom. The Labute approximate surface area is 125 Å². The van der Waals surface area contributed by atoms with Crippen LogP contribution in [0.15, 0.2) is 35.8 Å². The number of hydrogen-bond donors (Lipinski definition) is 3. The van der Waals surface area contributed by atoms with E-state index in [4.69, 9.17) is 4.74 Å². The first-order valence-electron chi connectivity index (χ1n) is 6.50. The second-order valence-electron chi connectivity index (χ2n) is 4.83. The number of esters is 1. The van der Waals surface area contributed by atoms with Crippen LogP contribution in [0.1, 0.15) is 18.5 Å². The van der Waals surface area contributed by atoms with Crippen molar-refractivity contribution >= 4 is 11.9 Å². The standard InChI is InChI=1S/C14H14N4O4/c1-7-11(13(21)22-2)12(18-14(17-7)15-6-16-18)8-3-4-9(19)10(20)5-8/h3-6,12,19-20H,1-2H3,(H,15,16,17)/t12-/m1/s1. The molecule has 3 N–H and O–H groups in total. The number of aromatic hydroxyl groups is 2. The van der Waals surface area contributed by atoms with Gasteiger partial charge in [-0.3, -0.25) is 0 Å². The molecule has 0 amide bonds. The first-order valence-corrected chi connectivity index (χ1v) is 6.50. The van der Waals surface area contributed by atoms with Crippen molar-refractivity contribution in [1.29, 1.82) is 0 Å². The van der Waals surface area contributed by atoms with E-state index in [0.29, 0.717) is 22.8 Å². The topological polar surface area (TPSA) is 110 Å². The van der Waals surface area contributed by atoms with E-state index in [2.05, 4.69) is 15.4 Å². The molecule has 0 saturated carbocycles. The zero-order valence-electron chi connectivity index (χ0n) is 11.9. The summed E-state index contributed by atoms with van der Waals surface area (Å²) >= 11 is 0. The molecule has 0 radical (unpaired) electrons. The minimum absolute atomic E-state index is 0.239. The Morgan fingerprint density at radius 1 is 1.36 bits per heavy atom. The average Bonchev–Trinajstić information content (AvgIpc) is 2.95. The van der Waals surface area contributed by atoms with E-state index < -0.39 is 12.0 Å². The lowest BCUT2D eigenvalue weighted by atomic mass is 9.95. The summed E-state index contributed by atoms with van der Waals surface area (Å²) in [7, 11) is 1.30. The molecule has 2 heterocycles. The van der Waals surface area contributed by atoms with Crippen LogP contribution in [0.4, 0.5) is 5.95 Å². The van der Waals surface area contributed by atoms with Gasteiger partial charge in [-0.15, -0.1) is 0 Å². The molecule has 0 spiro atoms. The quantitative estimate of drug-likeness (QED) is 0.564. The molecule has 0 unspecified atom stereocenters. The molecule has 1 aliphatic rings. The van der Waals surface area contributed by atoms with Crippen LogP contribution in [0.2, 0.25) is 0 Å². The fraction of sp³-hybridized carbons (Fsp3) is 0.214. The van der Waals surface area contributed by atoms with Gasteiger partial charge in [0.2, 0.25) is 5.95 Å². The van der Waals surface area contributed by atoms with E-state index in [0.717, 1.165) is 0 Å². The van der Waals surface area contributed by atoms with Crippen molar-refractivity contribution in [2.75, 3.05) is 12.4 Å². The van der Waals surface area contributed by atoms with E-state index in [1.807, 2.05) is 0 Å². The molecule has 0 saturated heterocycles. The number of aromatic nitrogens is 3. The molecule has 1 aliphatic heterocycles. The second-order valence-corrected chi connectivity index (χ2v) is 4.83. The lowest BCUT2D eigenvalue weighted by Gasteiger charge is -2.28. The molecule has 2 aromatic rings. The van der Waals surface area contributed by atoms with Crippen molar-refractivity contribution in [2.45, 2.75) is 13.0 Å². The van der Waals surface area contributed by atoms with Crippen LogP contribution in [0.25, 0.3) is 0 Å². The molecular formula is C14H14N4O4. The van der Waals surface area contributed by atoms with Gasteiger partial charge in [-0.25, -0.2) is 9.48 Å². The van der Waals surface area contributed by atoms with E-state index >= 15 is 0 Å². The lowest BCUT2D eigenvalue weighted by Crippen LogP contribution is -2.29. The monoisotopic (exact) mass is 302 g/mol. The fourth-order valence-corrected chi connectivity index (χ4v) is 2.48. The number of anilines is 1. The molecule has 3 rings (SSSR count). The second kappa shape index (κ2) is 5.06. The van der Waals surface area contributed by atoms with E-state index in [-0.39, 0.29) is 11.5 Å². The van der Waals surface area contributed by atoms with Crippen LogP contribution in [-0.4, -0.2) is 38.1 Å². The van der Waals surface area contributed by atoms with Crippen molar-refractivity contribution in [3.05, 3.63) is 41.4 Å². The Kier molecular flexibility index (Phi) is 3.21. The number of fused-ring (bicyclic) bond motifs is 1. The Balaban J connectivity index is 2.20. The molecule has 8 nitrogen and oxygen atoms in total. The number of benzene rings is 1. The Bertz CT molecular complexity index is 781. The van der Waals surface area contributed by atoms with Crippen LogP contribution >= 0.6 is 0 Å². The number of nitrogens with one attached hydrogen (secondary N) is 1. The summed E-state index contributed by atoms with van der Waals surface area (Å²) in [5.74, 6) is -0.553. The SMILES string of the molecule is COC(=O)C1=C(C)Nc2ncnn2[C@@H]1c1ccc(O)c(O)c1. The first kappa shape index (κ1) is 13.9. The van der Waals surface area contributed by atoms with Gasteiger partial charge in [-0.2, -0.15) is 10.1 Å². The Morgan fingerprint density at radius 2 is 2.14 bits per heavy atom. The van der Waals surface area contributed by atoms with Crippen molar-refractivity contribution in [1.82, 2.24) is 14.8 Å². The van der Waals surface area contributed by atoms with Crippen molar-refractivity contribution < 1.29 is 19.7 Å². The summed E-state index contributed by atoms with van der Waals surface area (Å²) in [6.07, 6.45) is 1.36. The number of phenols is 2. The number of carbonyl (C=O) groups excluding carboxylic acids is 1. The highest BCUT2D eigenvalue weighted by Gasteiger charge is 2.34. The summed E-state index contributed by atoms with van der Waals surface area (Å²) in [6.45, 7) is 1.73. The van der Waals surface area contributed by atoms with Gasteiger partial charge >= 0.3 is 5.97 Å². The molecule has 114 valence electrons. The zero-order valence-corrected chi connectivity index (χ0v) is 11.9. The number of hydrogen-bond acceptors (Lipinski definition) is 7. The van der Waals surface area contributed by atoms with Crippen molar-refractivity contribution in [3.8, 4) is 11.5 Å². The first-order chi connectivity index (χ1) is 10.5. The number of allylic oxidation sites excluding steroid dienone is 1. The van der Waals surface area contributed by atoms with Crippen LogP contribution in [0.5, 0.6) is 11.5 Å². The highest BCUT2D eigenvalue weighted by molar-refractivity contribution is 5.92. The number of ether oxygens (including phenoxy) is 1. The molecule has 1 atom stereocenters. The van der Waals surface area contributed by atoms with Gasteiger partial charge in [-0.1, -0.05) is 6.07 Å². The van der Waals surface area contributed by atoms with E-state index in [1.54, 1.807) is 13.0 Å². The molecule has 0 bridgehead atoms. The largest absolute Gasteiger partial charge is 0.504 e. The lowest BCUT2D eigenvalue weighted by molar-refractivity contribution is -0.136. The maximum atomic E-state index is 12.2. The fourth-order valence-electron chi connectivity index (χ4n) is 2.48. The Hall–Kier alpha value is -3.03. The number of nitrogens with zero attached hydrogens (tertiary/aromatic N) is 3. The summed E-state index contributed by atoms with van der Waals surface area (Å²) in [4.78, 5) is 16.2. The molecule has 0 fully saturated rings. The van der Waals surface area contributed by atoms with Gasteiger partial charge in [0, 0.05) is 5.70 Å². The third-order valence-electron chi connectivity index (χ3n) is 3.51. The van der Waals surface area contributed by atoms with Crippen LogP contribution in [0, 0.1) is 0 Å². The maximum Gasteiger partial charge on any atom is 0.338 e. The maximum absolute atomic E-state index is 12.2. The van der Waals surface area contributed by atoms with Crippen LogP contribution in [0.3, 0.4) is 0 Å². The molecule has 8 heteroatoms. The molecule has 1 aromatic heterocycles. The smallest absolute Gasteiger partial charge is 0.338 e. The molecule has 1 aromatic carbocycles.